The van der Waals surface area contributed by atoms with Gasteiger partial charge in [0.25, 0.3) is 0 Å². The summed E-state index contributed by atoms with van der Waals surface area (Å²) in [6.07, 6.45) is 0.889. The first-order valence-electron chi connectivity index (χ1n) is 5.32. The zero-order valence-electron chi connectivity index (χ0n) is 9.03. The van der Waals surface area contributed by atoms with E-state index in [0.717, 1.165) is 17.6 Å². The van der Waals surface area contributed by atoms with Gasteiger partial charge in [0, 0.05) is 0 Å². The number of hydrogen-bond donors (Lipinski definition) is 2. The van der Waals surface area contributed by atoms with E-state index >= 15 is 0 Å². The minimum Gasteiger partial charge on any atom is -0.309 e. The van der Waals surface area contributed by atoms with Crippen molar-refractivity contribution in [1.29, 1.82) is 0 Å². The Morgan fingerprint density at radius 1 is 1.62 bits per heavy atom. The highest BCUT2D eigenvalue weighted by Gasteiger charge is 2.26. The maximum atomic E-state index is 11.8. The molecular formula is C11H14BrN3O. The fraction of sp³-hybridized carbons (Fsp3) is 0.455. The standard InChI is InChI=1S/C11H14BrN3O/c1-7-5-8(13-6-7)11(16)15-10-4-2-3-9(12)14-10/h2-4,7-8,13H,5-6H2,1H3,(H,14,15,16)/t7-,8-/m0/s1. The Hall–Kier alpha value is -0.940. The van der Waals surface area contributed by atoms with Gasteiger partial charge >= 0.3 is 0 Å². The Morgan fingerprint density at radius 2 is 2.44 bits per heavy atom. The minimum atomic E-state index is -0.0872. The first-order chi connectivity index (χ1) is 7.65. The second-order valence-electron chi connectivity index (χ2n) is 4.14. The fourth-order valence-electron chi connectivity index (χ4n) is 1.80. The molecule has 2 heterocycles. The molecular weight excluding hydrogens is 270 g/mol. The monoisotopic (exact) mass is 283 g/mol. The second-order valence-corrected chi connectivity index (χ2v) is 4.95. The third-order valence-corrected chi connectivity index (χ3v) is 3.08. The number of rotatable bonds is 2. The summed E-state index contributed by atoms with van der Waals surface area (Å²) in [5, 5.41) is 5.99. The summed E-state index contributed by atoms with van der Waals surface area (Å²) in [5.74, 6) is 1.14. The van der Waals surface area contributed by atoms with E-state index in [0.29, 0.717) is 11.7 Å². The van der Waals surface area contributed by atoms with E-state index in [2.05, 4.69) is 38.5 Å². The number of hydrogen-bond acceptors (Lipinski definition) is 3. The summed E-state index contributed by atoms with van der Waals surface area (Å²) in [5.41, 5.74) is 0. The lowest BCUT2D eigenvalue weighted by Crippen LogP contribution is -2.35. The maximum Gasteiger partial charge on any atom is 0.242 e. The number of halogens is 1. The lowest BCUT2D eigenvalue weighted by Gasteiger charge is -2.10. The molecule has 1 aliphatic heterocycles. The smallest absolute Gasteiger partial charge is 0.242 e. The predicted molar refractivity (Wildman–Crippen MR) is 66.1 cm³/mol. The number of nitrogens with one attached hydrogen (secondary N) is 2. The Morgan fingerprint density at radius 3 is 3.06 bits per heavy atom. The molecule has 0 unspecified atom stereocenters. The average Bonchev–Trinajstić information content (AvgIpc) is 2.65. The number of carbonyl (C=O) groups is 1. The van der Waals surface area contributed by atoms with Crippen LogP contribution in [0.3, 0.4) is 0 Å². The molecule has 1 aliphatic rings. The normalized spacial score (nSPS) is 24.4. The first kappa shape index (κ1) is 11.5. The average molecular weight is 284 g/mol. The van der Waals surface area contributed by atoms with Gasteiger partial charge < -0.3 is 10.6 Å². The SMILES string of the molecule is C[C@@H]1CN[C@H](C(=O)Nc2cccc(Br)n2)C1. The number of anilines is 1. The van der Waals surface area contributed by atoms with Crippen LogP contribution in [0.4, 0.5) is 5.82 Å². The molecule has 0 bridgehead atoms. The molecule has 2 rings (SSSR count). The molecule has 0 spiro atoms. The lowest BCUT2D eigenvalue weighted by atomic mass is 10.1. The van der Waals surface area contributed by atoms with Crippen molar-refractivity contribution in [2.75, 3.05) is 11.9 Å². The summed E-state index contributed by atoms with van der Waals surface area (Å²) in [6, 6.07) is 5.36. The molecule has 0 aliphatic carbocycles. The zero-order chi connectivity index (χ0) is 11.5. The first-order valence-corrected chi connectivity index (χ1v) is 6.11. The van der Waals surface area contributed by atoms with E-state index in [1.165, 1.54) is 0 Å². The molecule has 1 aromatic heterocycles. The van der Waals surface area contributed by atoms with Crippen LogP contribution < -0.4 is 10.6 Å². The van der Waals surface area contributed by atoms with Crippen LogP contribution in [0.15, 0.2) is 22.8 Å². The van der Waals surface area contributed by atoms with Gasteiger partial charge in [-0.05, 0) is 46.9 Å². The predicted octanol–water partition coefficient (Wildman–Crippen LogP) is 1.78. The van der Waals surface area contributed by atoms with Crippen LogP contribution in [0.2, 0.25) is 0 Å². The van der Waals surface area contributed by atoms with Crippen LogP contribution >= 0.6 is 15.9 Å². The van der Waals surface area contributed by atoms with E-state index in [4.69, 9.17) is 0 Å². The van der Waals surface area contributed by atoms with Crippen molar-refractivity contribution in [2.45, 2.75) is 19.4 Å². The quantitative estimate of drug-likeness (QED) is 0.814. The van der Waals surface area contributed by atoms with Crippen molar-refractivity contribution in [2.24, 2.45) is 5.92 Å². The van der Waals surface area contributed by atoms with Crippen LogP contribution in [0, 0.1) is 5.92 Å². The highest BCUT2D eigenvalue weighted by Crippen LogP contribution is 2.15. The lowest BCUT2D eigenvalue weighted by molar-refractivity contribution is -0.117. The van der Waals surface area contributed by atoms with Gasteiger partial charge in [-0.3, -0.25) is 4.79 Å². The van der Waals surface area contributed by atoms with Gasteiger partial charge in [-0.2, -0.15) is 0 Å². The molecule has 2 N–H and O–H groups in total. The Bertz CT molecular complexity index is 397. The molecule has 1 saturated heterocycles. The van der Waals surface area contributed by atoms with E-state index in [1.807, 2.05) is 12.1 Å². The van der Waals surface area contributed by atoms with Gasteiger partial charge in [-0.1, -0.05) is 13.0 Å². The third kappa shape index (κ3) is 2.80. The van der Waals surface area contributed by atoms with Crippen molar-refractivity contribution in [1.82, 2.24) is 10.3 Å². The minimum absolute atomic E-state index is 0.00468. The molecule has 1 amide bonds. The van der Waals surface area contributed by atoms with Crippen LogP contribution in [0.1, 0.15) is 13.3 Å². The highest BCUT2D eigenvalue weighted by molar-refractivity contribution is 9.10. The van der Waals surface area contributed by atoms with Gasteiger partial charge in [0.1, 0.15) is 10.4 Å². The van der Waals surface area contributed by atoms with Gasteiger partial charge in [0.05, 0.1) is 6.04 Å². The van der Waals surface area contributed by atoms with E-state index in [-0.39, 0.29) is 11.9 Å². The fourth-order valence-corrected chi connectivity index (χ4v) is 2.15. The van der Waals surface area contributed by atoms with Gasteiger partial charge in [0.15, 0.2) is 0 Å². The van der Waals surface area contributed by atoms with Gasteiger partial charge in [-0.25, -0.2) is 4.98 Å². The number of amides is 1. The van der Waals surface area contributed by atoms with Crippen LogP contribution in [0.25, 0.3) is 0 Å². The summed E-state index contributed by atoms with van der Waals surface area (Å²) in [7, 11) is 0. The van der Waals surface area contributed by atoms with Gasteiger partial charge in [0.2, 0.25) is 5.91 Å². The van der Waals surface area contributed by atoms with Crippen molar-refractivity contribution < 1.29 is 4.79 Å². The number of aromatic nitrogens is 1. The molecule has 1 aromatic rings. The summed E-state index contributed by atoms with van der Waals surface area (Å²) >= 11 is 3.27. The maximum absolute atomic E-state index is 11.8. The summed E-state index contributed by atoms with van der Waals surface area (Å²) < 4.78 is 0.720. The van der Waals surface area contributed by atoms with Crippen molar-refractivity contribution in [3.63, 3.8) is 0 Å². The topological polar surface area (TPSA) is 54.0 Å². The van der Waals surface area contributed by atoms with Crippen LogP contribution in [-0.2, 0) is 4.79 Å². The van der Waals surface area contributed by atoms with Crippen molar-refractivity contribution in [3.8, 4) is 0 Å². The molecule has 5 heteroatoms. The summed E-state index contributed by atoms with van der Waals surface area (Å²) in [6.45, 7) is 3.04. The van der Waals surface area contributed by atoms with Crippen LogP contribution in [0.5, 0.6) is 0 Å². The van der Waals surface area contributed by atoms with E-state index < -0.39 is 0 Å². The molecule has 0 saturated carbocycles. The Balaban J connectivity index is 1.97. The molecule has 86 valence electrons. The molecule has 16 heavy (non-hydrogen) atoms. The number of pyridine rings is 1. The molecule has 1 fully saturated rings. The van der Waals surface area contributed by atoms with E-state index in [9.17, 15) is 4.79 Å². The van der Waals surface area contributed by atoms with Crippen LogP contribution in [-0.4, -0.2) is 23.5 Å². The van der Waals surface area contributed by atoms with Crippen molar-refractivity contribution >= 4 is 27.7 Å². The molecule has 4 nitrogen and oxygen atoms in total. The van der Waals surface area contributed by atoms with Crippen molar-refractivity contribution in [3.05, 3.63) is 22.8 Å². The molecule has 2 atom stereocenters. The summed E-state index contributed by atoms with van der Waals surface area (Å²) in [4.78, 5) is 16.0. The number of carbonyl (C=O) groups excluding carboxylic acids is 1. The molecule has 0 aromatic carbocycles. The second kappa shape index (κ2) is 4.93. The third-order valence-electron chi connectivity index (χ3n) is 2.63. The largest absolute Gasteiger partial charge is 0.309 e. The highest BCUT2D eigenvalue weighted by atomic mass is 79.9. The Labute approximate surface area is 103 Å². The van der Waals surface area contributed by atoms with Gasteiger partial charge in [-0.15, -0.1) is 0 Å². The van der Waals surface area contributed by atoms with E-state index in [1.54, 1.807) is 6.07 Å². The zero-order valence-corrected chi connectivity index (χ0v) is 10.6. The number of nitrogens with zero attached hydrogens (tertiary/aromatic N) is 1. The molecule has 0 radical (unpaired) electrons. The Kier molecular flexibility index (Phi) is 3.56.